The Balaban J connectivity index is 3.04. The number of carbonyl (C=O) groups is 1. The lowest BCUT2D eigenvalue weighted by atomic mass is 9.98. The molecular formula is C15H24N2O4. The summed E-state index contributed by atoms with van der Waals surface area (Å²) in [5.41, 5.74) is 6.33. The number of methoxy groups -OCH3 is 1. The van der Waals surface area contributed by atoms with Gasteiger partial charge in [-0.2, -0.15) is 0 Å². The van der Waals surface area contributed by atoms with Gasteiger partial charge in [-0.1, -0.05) is 6.07 Å². The van der Waals surface area contributed by atoms with E-state index in [1.54, 1.807) is 46.1 Å². The molecule has 1 aromatic carbocycles. The molecule has 0 heterocycles. The van der Waals surface area contributed by atoms with E-state index >= 15 is 0 Å². The Morgan fingerprint density at radius 3 is 2.57 bits per heavy atom. The highest BCUT2D eigenvalue weighted by Crippen LogP contribution is 2.28. The summed E-state index contributed by atoms with van der Waals surface area (Å²) in [7, 11) is 1.54. The van der Waals surface area contributed by atoms with Crippen LogP contribution in [0.4, 0.5) is 10.5 Å². The summed E-state index contributed by atoms with van der Waals surface area (Å²) in [4.78, 5) is 11.9. The summed E-state index contributed by atoms with van der Waals surface area (Å²) in [5, 5.41) is 12.1. The molecule has 0 spiro atoms. The van der Waals surface area contributed by atoms with Crippen LogP contribution in [-0.2, 0) is 4.74 Å². The van der Waals surface area contributed by atoms with Crippen LogP contribution >= 0.6 is 0 Å². The van der Waals surface area contributed by atoms with Crippen molar-refractivity contribution < 1.29 is 19.4 Å². The van der Waals surface area contributed by atoms with E-state index in [1.807, 2.05) is 0 Å². The molecule has 0 aliphatic rings. The quantitative estimate of drug-likeness (QED) is 0.773. The molecule has 0 saturated carbocycles. The standard InChI is InChI=1S/C15H24N2O4/c1-15(2,3)21-14(19)17-13-7-11(20-4)5-6-12(13)10(8-16)9-18/h5-7,10,18H,8-9,16H2,1-4H3,(H,17,19). The van der Waals surface area contributed by atoms with Gasteiger partial charge in [0.2, 0.25) is 0 Å². The molecule has 0 aliphatic carbocycles. The van der Waals surface area contributed by atoms with E-state index in [4.69, 9.17) is 15.2 Å². The van der Waals surface area contributed by atoms with E-state index in [0.717, 1.165) is 5.56 Å². The number of nitrogens with one attached hydrogen (secondary N) is 1. The van der Waals surface area contributed by atoms with Gasteiger partial charge < -0.3 is 20.3 Å². The van der Waals surface area contributed by atoms with Gasteiger partial charge in [-0.05, 0) is 32.4 Å². The fourth-order valence-corrected chi connectivity index (χ4v) is 1.84. The molecule has 1 unspecified atom stereocenters. The van der Waals surface area contributed by atoms with Crippen LogP contribution < -0.4 is 15.8 Å². The van der Waals surface area contributed by atoms with Gasteiger partial charge in [0.1, 0.15) is 11.4 Å². The minimum absolute atomic E-state index is 0.105. The zero-order chi connectivity index (χ0) is 16.0. The van der Waals surface area contributed by atoms with E-state index in [1.165, 1.54) is 0 Å². The minimum Gasteiger partial charge on any atom is -0.497 e. The van der Waals surface area contributed by atoms with Crippen LogP contribution in [0.1, 0.15) is 32.3 Å². The number of carbonyl (C=O) groups excluding carboxylic acids is 1. The maximum absolute atomic E-state index is 11.9. The summed E-state index contributed by atoms with van der Waals surface area (Å²) >= 11 is 0. The molecule has 0 radical (unpaired) electrons. The second-order valence-electron chi connectivity index (χ2n) is 5.70. The number of hydrogen-bond acceptors (Lipinski definition) is 5. The van der Waals surface area contributed by atoms with Crippen LogP contribution in [-0.4, -0.2) is 37.1 Å². The first kappa shape index (κ1) is 17.3. The first-order chi connectivity index (χ1) is 9.80. The molecule has 1 rings (SSSR count). The fraction of sp³-hybridized carbons (Fsp3) is 0.533. The van der Waals surface area contributed by atoms with Crippen LogP contribution in [0.15, 0.2) is 18.2 Å². The Labute approximate surface area is 125 Å². The zero-order valence-electron chi connectivity index (χ0n) is 13.0. The summed E-state index contributed by atoms with van der Waals surface area (Å²) in [6.07, 6.45) is -0.564. The Morgan fingerprint density at radius 1 is 1.43 bits per heavy atom. The first-order valence-corrected chi connectivity index (χ1v) is 6.79. The first-order valence-electron chi connectivity index (χ1n) is 6.79. The number of rotatable bonds is 5. The van der Waals surface area contributed by atoms with E-state index in [9.17, 15) is 9.90 Å². The molecule has 21 heavy (non-hydrogen) atoms. The number of ether oxygens (including phenoxy) is 2. The predicted molar refractivity (Wildman–Crippen MR) is 81.7 cm³/mol. The average Bonchev–Trinajstić information content (AvgIpc) is 2.39. The predicted octanol–water partition coefficient (Wildman–Crippen LogP) is 2.08. The van der Waals surface area contributed by atoms with Crippen molar-refractivity contribution in [2.75, 3.05) is 25.6 Å². The van der Waals surface area contributed by atoms with Crippen molar-refractivity contribution >= 4 is 11.8 Å². The molecule has 6 heteroatoms. The van der Waals surface area contributed by atoms with E-state index < -0.39 is 11.7 Å². The third-order valence-corrected chi connectivity index (χ3v) is 2.84. The highest BCUT2D eigenvalue weighted by Gasteiger charge is 2.20. The molecule has 1 atom stereocenters. The van der Waals surface area contributed by atoms with Crippen LogP contribution in [0.2, 0.25) is 0 Å². The number of aliphatic hydroxyl groups excluding tert-OH is 1. The van der Waals surface area contributed by atoms with Gasteiger partial charge >= 0.3 is 6.09 Å². The minimum atomic E-state index is -0.590. The average molecular weight is 296 g/mol. The van der Waals surface area contributed by atoms with Crippen molar-refractivity contribution in [2.24, 2.45) is 5.73 Å². The molecule has 6 nitrogen and oxygen atoms in total. The number of aliphatic hydroxyl groups is 1. The number of amides is 1. The lowest BCUT2D eigenvalue weighted by molar-refractivity contribution is 0.0635. The van der Waals surface area contributed by atoms with Crippen LogP contribution in [0.5, 0.6) is 5.75 Å². The summed E-state index contributed by atoms with van der Waals surface area (Å²) < 4.78 is 10.4. The Morgan fingerprint density at radius 2 is 2.10 bits per heavy atom. The third-order valence-electron chi connectivity index (χ3n) is 2.84. The molecule has 0 aliphatic heterocycles. The van der Waals surface area contributed by atoms with Crippen molar-refractivity contribution in [1.29, 1.82) is 0 Å². The summed E-state index contributed by atoms with van der Waals surface area (Å²) in [6, 6.07) is 5.21. The van der Waals surface area contributed by atoms with E-state index in [0.29, 0.717) is 11.4 Å². The zero-order valence-corrected chi connectivity index (χ0v) is 13.0. The van der Waals surface area contributed by atoms with Crippen molar-refractivity contribution in [3.8, 4) is 5.75 Å². The molecule has 4 N–H and O–H groups in total. The highest BCUT2D eigenvalue weighted by molar-refractivity contribution is 5.86. The van der Waals surface area contributed by atoms with Gasteiger partial charge in [0, 0.05) is 18.5 Å². The topological polar surface area (TPSA) is 93.8 Å². The van der Waals surface area contributed by atoms with Crippen LogP contribution in [0.3, 0.4) is 0 Å². The molecule has 118 valence electrons. The molecule has 1 aromatic rings. The van der Waals surface area contributed by atoms with Crippen LogP contribution in [0, 0.1) is 0 Å². The molecule has 0 saturated heterocycles. The number of anilines is 1. The molecule has 0 fully saturated rings. The highest BCUT2D eigenvalue weighted by atomic mass is 16.6. The smallest absolute Gasteiger partial charge is 0.412 e. The van der Waals surface area contributed by atoms with Crippen molar-refractivity contribution in [2.45, 2.75) is 32.3 Å². The van der Waals surface area contributed by atoms with Crippen molar-refractivity contribution in [3.63, 3.8) is 0 Å². The second kappa shape index (κ2) is 7.28. The van der Waals surface area contributed by atoms with Crippen molar-refractivity contribution in [1.82, 2.24) is 0 Å². The maximum Gasteiger partial charge on any atom is 0.412 e. The maximum atomic E-state index is 11.9. The second-order valence-corrected chi connectivity index (χ2v) is 5.70. The normalized spacial score (nSPS) is 12.7. The third kappa shape index (κ3) is 5.24. The van der Waals surface area contributed by atoms with Gasteiger partial charge in [0.25, 0.3) is 0 Å². The Hall–Kier alpha value is -1.79. The largest absolute Gasteiger partial charge is 0.497 e. The SMILES string of the molecule is COc1ccc(C(CN)CO)c(NC(=O)OC(C)(C)C)c1. The summed E-state index contributed by atoms with van der Waals surface area (Å²) in [5.74, 6) is 0.333. The lowest BCUT2D eigenvalue weighted by Gasteiger charge is -2.22. The monoisotopic (exact) mass is 296 g/mol. The Bertz CT molecular complexity index is 479. The van der Waals surface area contributed by atoms with Gasteiger partial charge in [-0.25, -0.2) is 4.79 Å². The van der Waals surface area contributed by atoms with Crippen LogP contribution in [0.25, 0.3) is 0 Å². The Kier molecular flexibility index (Phi) is 5.99. The molecule has 0 bridgehead atoms. The van der Waals surface area contributed by atoms with Gasteiger partial charge in [-0.3, -0.25) is 5.32 Å². The molecule has 0 aromatic heterocycles. The summed E-state index contributed by atoms with van der Waals surface area (Å²) in [6.45, 7) is 5.53. The molecule has 1 amide bonds. The fourth-order valence-electron chi connectivity index (χ4n) is 1.84. The molecular weight excluding hydrogens is 272 g/mol. The van der Waals surface area contributed by atoms with Gasteiger partial charge in [0.05, 0.1) is 19.4 Å². The van der Waals surface area contributed by atoms with E-state index in [2.05, 4.69) is 5.32 Å². The number of hydrogen-bond donors (Lipinski definition) is 3. The van der Waals surface area contributed by atoms with Gasteiger partial charge in [0.15, 0.2) is 0 Å². The van der Waals surface area contributed by atoms with Crippen molar-refractivity contribution in [3.05, 3.63) is 23.8 Å². The number of nitrogens with two attached hydrogens (primary N) is 1. The van der Waals surface area contributed by atoms with E-state index in [-0.39, 0.29) is 19.1 Å². The lowest BCUT2D eigenvalue weighted by Crippen LogP contribution is -2.28. The number of benzene rings is 1. The van der Waals surface area contributed by atoms with Gasteiger partial charge in [-0.15, -0.1) is 0 Å².